The van der Waals surface area contributed by atoms with Crippen LogP contribution in [0.2, 0.25) is 4.34 Å². The summed E-state index contributed by atoms with van der Waals surface area (Å²) in [6.07, 6.45) is 0.149. The second-order valence-electron chi connectivity index (χ2n) is 4.85. The van der Waals surface area contributed by atoms with Crippen molar-refractivity contribution in [3.05, 3.63) is 15.5 Å². The maximum absolute atomic E-state index is 12.1. The first kappa shape index (κ1) is 16.0. The highest BCUT2D eigenvalue weighted by Crippen LogP contribution is 2.25. The first-order valence-electron chi connectivity index (χ1n) is 6.44. The van der Waals surface area contributed by atoms with Gasteiger partial charge < -0.3 is 10.1 Å². The van der Waals surface area contributed by atoms with E-state index in [0.717, 1.165) is 17.8 Å². The van der Waals surface area contributed by atoms with Crippen molar-refractivity contribution < 1.29 is 17.9 Å². The van der Waals surface area contributed by atoms with E-state index in [0.29, 0.717) is 23.7 Å². The van der Waals surface area contributed by atoms with Crippen LogP contribution in [-0.4, -0.2) is 29.9 Å². The first-order chi connectivity index (χ1) is 9.42. The minimum absolute atomic E-state index is 0.171. The summed E-state index contributed by atoms with van der Waals surface area (Å²) in [7, 11) is 0. The molecule has 8 heteroatoms. The normalized spacial score (nSPS) is 24.0. The second kappa shape index (κ2) is 7.06. The smallest absolute Gasteiger partial charge is 0.369 e. The van der Waals surface area contributed by atoms with Gasteiger partial charge >= 0.3 is 6.18 Å². The van der Waals surface area contributed by atoms with Crippen molar-refractivity contribution in [3.63, 3.8) is 0 Å². The van der Waals surface area contributed by atoms with E-state index in [9.17, 15) is 13.2 Å². The van der Waals surface area contributed by atoms with Gasteiger partial charge in [0.1, 0.15) is 16.0 Å². The van der Waals surface area contributed by atoms with E-state index in [1.807, 2.05) is 0 Å². The zero-order valence-electron chi connectivity index (χ0n) is 10.8. The van der Waals surface area contributed by atoms with Gasteiger partial charge in [-0.3, -0.25) is 0 Å². The largest absolute Gasteiger partial charge is 0.411 e. The zero-order valence-corrected chi connectivity index (χ0v) is 12.3. The number of nitrogens with one attached hydrogen (secondary N) is 1. The maximum Gasteiger partial charge on any atom is 0.411 e. The Kier molecular flexibility index (Phi) is 5.65. The van der Waals surface area contributed by atoms with E-state index in [2.05, 4.69) is 10.3 Å². The molecule has 1 N–H and O–H groups in total. The molecule has 114 valence electrons. The van der Waals surface area contributed by atoms with Gasteiger partial charge in [-0.1, -0.05) is 11.6 Å². The number of nitrogens with zero attached hydrogens (tertiary/aromatic N) is 1. The van der Waals surface area contributed by atoms with E-state index in [1.165, 1.54) is 11.3 Å². The van der Waals surface area contributed by atoms with Gasteiger partial charge in [-0.25, -0.2) is 4.98 Å². The van der Waals surface area contributed by atoms with Crippen LogP contribution < -0.4 is 5.32 Å². The average Bonchev–Trinajstić information content (AvgIpc) is 2.80. The lowest BCUT2D eigenvalue weighted by molar-refractivity contribution is -0.188. The molecule has 20 heavy (non-hydrogen) atoms. The summed E-state index contributed by atoms with van der Waals surface area (Å²) in [5.74, 6) is 0. The Hall–Kier alpha value is -0.370. The third kappa shape index (κ3) is 5.55. The second-order valence-corrected chi connectivity index (χ2v) is 6.60. The van der Waals surface area contributed by atoms with Gasteiger partial charge in [0, 0.05) is 12.6 Å². The SMILES string of the molecule is FC(F)(F)COC1CCCC(NCc2ncc(Cl)s2)C1. The van der Waals surface area contributed by atoms with Crippen LogP contribution in [0.4, 0.5) is 13.2 Å². The molecule has 0 bridgehead atoms. The van der Waals surface area contributed by atoms with E-state index >= 15 is 0 Å². The van der Waals surface area contributed by atoms with Crippen molar-refractivity contribution in [2.24, 2.45) is 0 Å². The first-order valence-corrected chi connectivity index (χ1v) is 7.64. The van der Waals surface area contributed by atoms with Crippen LogP contribution in [0.15, 0.2) is 6.20 Å². The Balaban J connectivity index is 1.73. The van der Waals surface area contributed by atoms with Gasteiger partial charge in [0.05, 0.1) is 12.3 Å². The molecular formula is C12H16ClF3N2OS. The third-order valence-corrected chi connectivity index (χ3v) is 4.29. The number of ether oxygens (including phenoxy) is 1. The molecule has 0 aromatic carbocycles. The van der Waals surface area contributed by atoms with Crippen LogP contribution in [0, 0.1) is 0 Å². The Morgan fingerprint density at radius 3 is 2.90 bits per heavy atom. The highest BCUT2D eigenvalue weighted by molar-refractivity contribution is 7.15. The van der Waals surface area contributed by atoms with Gasteiger partial charge in [-0.2, -0.15) is 13.2 Å². The fourth-order valence-corrected chi connectivity index (χ4v) is 3.20. The monoisotopic (exact) mass is 328 g/mol. The molecule has 2 atom stereocenters. The quantitative estimate of drug-likeness (QED) is 0.893. The number of halogens is 4. The van der Waals surface area contributed by atoms with Crippen LogP contribution >= 0.6 is 22.9 Å². The van der Waals surface area contributed by atoms with Gasteiger partial charge in [0.15, 0.2) is 0 Å². The molecule has 0 saturated heterocycles. The molecule has 0 aliphatic heterocycles. The van der Waals surface area contributed by atoms with Crippen molar-refractivity contribution in [1.29, 1.82) is 0 Å². The van der Waals surface area contributed by atoms with Gasteiger partial charge in [0.25, 0.3) is 0 Å². The Labute approximate surface area is 124 Å². The molecule has 2 unspecified atom stereocenters. The summed E-state index contributed by atoms with van der Waals surface area (Å²) in [6.45, 7) is -0.569. The lowest BCUT2D eigenvalue weighted by Crippen LogP contribution is -2.37. The number of hydrogen-bond donors (Lipinski definition) is 1. The Morgan fingerprint density at radius 1 is 1.45 bits per heavy atom. The van der Waals surface area contributed by atoms with E-state index in [-0.39, 0.29) is 12.1 Å². The highest BCUT2D eigenvalue weighted by Gasteiger charge is 2.31. The summed E-state index contributed by atoms with van der Waals surface area (Å²) in [5, 5.41) is 4.19. The minimum atomic E-state index is -4.25. The Bertz CT molecular complexity index is 427. The fourth-order valence-electron chi connectivity index (χ4n) is 2.30. The molecule has 1 aromatic rings. The van der Waals surface area contributed by atoms with E-state index in [4.69, 9.17) is 16.3 Å². The average molecular weight is 329 g/mol. The molecule has 2 rings (SSSR count). The van der Waals surface area contributed by atoms with Crippen molar-refractivity contribution >= 4 is 22.9 Å². The maximum atomic E-state index is 12.1. The zero-order chi connectivity index (χ0) is 14.6. The van der Waals surface area contributed by atoms with E-state index in [1.54, 1.807) is 6.20 Å². The van der Waals surface area contributed by atoms with Crippen molar-refractivity contribution in [2.75, 3.05) is 6.61 Å². The number of thiazole rings is 1. The van der Waals surface area contributed by atoms with Crippen LogP contribution in [0.1, 0.15) is 30.7 Å². The van der Waals surface area contributed by atoms with E-state index < -0.39 is 12.8 Å². The third-order valence-electron chi connectivity index (χ3n) is 3.18. The van der Waals surface area contributed by atoms with Crippen LogP contribution in [0.5, 0.6) is 0 Å². The summed E-state index contributed by atoms with van der Waals surface area (Å²) < 4.78 is 41.9. The number of rotatable bonds is 5. The number of hydrogen-bond acceptors (Lipinski definition) is 4. The minimum Gasteiger partial charge on any atom is -0.369 e. The molecule has 1 heterocycles. The molecule has 3 nitrogen and oxygen atoms in total. The predicted molar refractivity (Wildman–Crippen MR) is 72.0 cm³/mol. The van der Waals surface area contributed by atoms with Gasteiger partial charge in [-0.15, -0.1) is 11.3 Å². The van der Waals surface area contributed by atoms with Crippen molar-refractivity contribution in [1.82, 2.24) is 10.3 Å². The molecule has 0 spiro atoms. The van der Waals surface area contributed by atoms with Gasteiger partial charge in [-0.05, 0) is 25.7 Å². The van der Waals surface area contributed by atoms with Gasteiger partial charge in [0.2, 0.25) is 0 Å². The molecule has 1 aliphatic carbocycles. The standard InChI is InChI=1S/C12H16ClF3N2OS/c13-10-5-18-11(20-10)6-17-8-2-1-3-9(4-8)19-7-12(14,15)16/h5,8-9,17H,1-4,6-7H2. The molecule has 0 radical (unpaired) electrons. The lowest BCUT2D eigenvalue weighted by Gasteiger charge is -2.30. The molecule has 1 aliphatic rings. The summed E-state index contributed by atoms with van der Waals surface area (Å²) in [4.78, 5) is 4.13. The lowest BCUT2D eigenvalue weighted by atomic mass is 9.93. The molecule has 1 saturated carbocycles. The Morgan fingerprint density at radius 2 is 2.25 bits per heavy atom. The highest BCUT2D eigenvalue weighted by atomic mass is 35.5. The van der Waals surface area contributed by atoms with Crippen molar-refractivity contribution in [3.8, 4) is 0 Å². The summed E-state index contributed by atoms with van der Waals surface area (Å²) >= 11 is 7.19. The van der Waals surface area contributed by atoms with Crippen LogP contribution in [-0.2, 0) is 11.3 Å². The van der Waals surface area contributed by atoms with Crippen molar-refractivity contribution in [2.45, 2.75) is 50.6 Å². The van der Waals surface area contributed by atoms with Crippen LogP contribution in [0.25, 0.3) is 0 Å². The summed E-state index contributed by atoms with van der Waals surface area (Å²) in [6, 6.07) is 0.171. The molecular weight excluding hydrogens is 313 g/mol. The topological polar surface area (TPSA) is 34.1 Å². The fraction of sp³-hybridized carbons (Fsp3) is 0.750. The number of aromatic nitrogens is 1. The molecule has 1 fully saturated rings. The van der Waals surface area contributed by atoms with Crippen LogP contribution in [0.3, 0.4) is 0 Å². The summed E-state index contributed by atoms with van der Waals surface area (Å²) in [5.41, 5.74) is 0. The molecule has 0 amide bonds. The number of alkyl halides is 3. The predicted octanol–water partition coefficient (Wildman–Crippen LogP) is 3.78. The molecule has 1 aromatic heterocycles.